The number of carbonyl (C=O) groups is 2. The third kappa shape index (κ3) is 3.88. The van der Waals surface area contributed by atoms with E-state index in [0.717, 1.165) is 22.6 Å². The van der Waals surface area contributed by atoms with Crippen LogP contribution < -0.4 is 15.4 Å². The molecule has 0 bridgehead atoms. The molecule has 31 heavy (non-hydrogen) atoms. The first kappa shape index (κ1) is 21.2. The Morgan fingerprint density at radius 1 is 1.19 bits per heavy atom. The summed E-state index contributed by atoms with van der Waals surface area (Å²) in [7, 11) is 1.31. The molecule has 0 aromatic heterocycles. The van der Waals surface area contributed by atoms with Gasteiger partial charge in [0.15, 0.2) is 5.78 Å². The van der Waals surface area contributed by atoms with Crippen LogP contribution in [0.5, 0.6) is 5.75 Å². The average molecular weight is 441 g/mol. The number of benzene rings is 2. The Hall–Kier alpha value is -2.99. The van der Waals surface area contributed by atoms with E-state index in [1.54, 1.807) is 12.1 Å². The Balaban J connectivity index is 1.85. The largest absolute Gasteiger partial charge is 0.492 e. The van der Waals surface area contributed by atoms with Gasteiger partial charge in [-0.05, 0) is 49.1 Å². The van der Waals surface area contributed by atoms with Gasteiger partial charge in [0, 0.05) is 11.3 Å². The topological polar surface area (TPSA) is 76.7 Å². The van der Waals surface area contributed by atoms with Crippen LogP contribution in [0.1, 0.15) is 31.9 Å². The third-order valence-corrected chi connectivity index (χ3v) is 6.11. The van der Waals surface area contributed by atoms with Crippen LogP contribution in [0.4, 0.5) is 11.4 Å². The van der Waals surface area contributed by atoms with E-state index in [1.807, 2.05) is 44.2 Å². The Bertz CT molecular complexity index is 1070. The molecule has 0 unspecified atom stereocenters. The number of rotatable bonds is 4. The number of ether oxygens (including phenoxy) is 2. The lowest BCUT2D eigenvalue weighted by atomic mass is 9.75. The highest BCUT2D eigenvalue weighted by Crippen LogP contribution is 2.44. The number of carbonyl (C=O) groups excluding carboxylic acids is 2. The van der Waals surface area contributed by atoms with Gasteiger partial charge in [-0.25, -0.2) is 0 Å². The number of fused-ring (bicyclic) bond motifs is 1. The van der Waals surface area contributed by atoms with Gasteiger partial charge in [0.25, 0.3) is 0 Å². The van der Waals surface area contributed by atoms with Gasteiger partial charge in [0.1, 0.15) is 11.7 Å². The predicted octanol–water partition coefficient (Wildman–Crippen LogP) is 4.97. The van der Waals surface area contributed by atoms with Gasteiger partial charge in [-0.2, -0.15) is 0 Å². The summed E-state index contributed by atoms with van der Waals surface area (Å²) in [6.07, 6.45) is 0.554. The standard InChI is InChI=1S/C24H25ClN2O4/c1-4-31-19-10-9-14(12-15(19)25)22-21-18(26-16-7-5-6-8-17(16)27-22)11-13(2)20(23(21)28)24(29)30-3/h5-10,12-13,20,22,26-27H,4,11H2,1-3H3/t13-,20+,22-/m1/s1. The first-order valence-corrected chi connectivity index (χ1v) is 10.7. The van der Waals surface area contributed by atoms with Crippen molar-refractivity contribution < 1.29 is 19.1 Å². The Morgan fingerprint density at radius 3 is 2.61 bits per heavy atom. The van der Waals surface area contributed by atoms with Gasteiger partial charge in [0.05, 0.1) is 36.2 Å². The molecule has 0 fully saturated rings. The molecule has 0 saturated carbocycles. The molecule has 2 N–H and O–H groups in total. The molecule has 7 heteroatoms. The molecule has 0 amide bonds. The first-order valence-electron chi connectivity index (χ1n) is 10.3. The Kier molecular flexibility index (Phi) is 5.92. The van der Waals surface area contributed by atoms with Crippen molar-refractivity contribution in [1.82, 2.24) is 0 Å². The van der Waals surface area contributed by atoms with Crippen molar-refractivity contribution in [1.29, 1.82) is 0 Å². The zero-order chi connectivity index (χ0) is 22.1. The van der Waals surface area contributed by atoms with Crippen LogP contribution in [0.3, 0.4) is 0 Å². The van der Waals surface area contributed by atoms with Crippen molar-refractivity contribution >= 4 is 34.7 Å². The molecule has 162 valence electrons. The minimum atomic E-state index is -0.839. The molecule has 6 nitrogen and oxygen atoms in total. The fraction of sp³-hybridized carbons (Fsp3) is 0.333. The minimum absolute atomic E-state index is 0.180. The van der Waals surface area contributed by atoms with Crippen LogP contribution in [-0.4, -0.2) is 25.5 Å². The number of hydrogen-bond acceptors (Lipinski definition) is 6. The molecule has 1 heterocycles. The number of esters is 1. The molecule has 0 saturated heterocycles. The number of methoxy groups -OCH3 is 1. The molecule has 1 aliphatic heterocycles. The zero-order valence-corrected chi connectivity index (χ0v) is 18.5. The minimum Gasteiger partial charge on any atom is -0.492 e. The van der Waals surface area contributed by atoms with Gasteiger partial charge in [-0.3, -0.25) is 9.59 Å². The van der Waals surface area contributed by atoms with Crippen molar-refractivity contribution in [3.05, 3.63) is 64.3 Å². The van der Waals surface area contributed by atoms with Crippen LogP contribution in [0, 0.1) is 11.8 Å². The van der Waals surface area contributed by atoms with Gasteiger partial charge in [-0.1, -0.05) is 36.7 Å². The molecule has 0 spiro atoms. The molecule has 2 aromatic carbocycles. The second-order valence-electron chi connectivity index (χ2n) is 7.81. The maximum atomic E-state index is 13.6. The second-order valence-corrected chi connectivity index (χ2v) is 8.22. The average Bonchev–Trinajstić information content (AvgIpc) is 2.91. The van der Waals surface area contributed by atoms with Crippen LogP contribution in [0.25, 0.3) is 0 Å². The summed E-state index contributed by atoms with van der Waals surface area (Å²) in [6, 6.07) is 12.8. The summed E-state index contributed by atoms with van der Waals surface area (Å²) in [4.78, 5) is 26.1. The van der Waals surface area contributed by atoms with Gasteiger partial charge in [0.2, 0.25) is 0 Å². The van der Waals surface area contributed by atoms with E-state index in [-0.39, 0.29) is 11.7 Å². The van der Waals surface area contributed by atoms with E-state index in [1.165, 1.54) is 7.11 Å². The molecule has 0 radical (unpaired) electrons. The van der Waals surface area contributed by atoms with E-state index >= 15 is 0 Å². The molecule has 2 aliphatic rings. The van der Waals surface area contributed by atoms with Crippen molar-refractivity contribution in [2.24, 2.45) is 11.8 Å². The lowest BCUT2D eigenvalue weighted by Gasteiger charge is -2.32. The number of allylic oxidation sites excluding steroid dienone is 1. The number of anilines is 2. The maximum Gasteiger partial charge on any atom is 0.316 e. The van der Waals surface area contributed by atoms with Crippen LogP contribution in [0.15, 0.2) is 53.7 Å². The lowest BCUT2D eigenvalue weighted by molar-refractivity contribution is -0.151. The van der Waals surface area contributed by atoms with E-state index < -0.39 is 17.9 Å². The predicted molar refractivity (Wildman–Crippen MR) is 120 cm³/mol. The summed E-state index contributed by atoms with van der Waals surface area (Å²) >= 11 is 6.46. The van der Waals surface area contributed by atoms with Gasteiger partial charge < -0.3 is 20.1 Å². The summed E-state index contributed by atoms with van der Waals surface area (Å²) in [5.41, 5.74) is 3.90. The first-order chi connectivity index (χ1) is 14.9. The van der Waals surface area contributed by atoms with Crippen LogP contribution in [0.2, 0.25) is 5.02 Å². The highest BCUT2D eigenvalue weighted by molar-refractivity contribution is 6.32. The van der Waals surface area contributed by atoms with E-state index in [4.69, 9.17) is 21.1 Å². The summed E-state index contributed by atoms with van der Waals surface area (Å²) in [5.74, 6) is -1.17. The number of ketones is 1. The van der Waals surface area contributed by atoms with Gasteiger partial charge in [-0.15, -0.1) is 0 Å². The second kappa shape index (κ2) is 8.63. The summed E-state index contributed by atoms with van der Waals surface area (Å²) in [6.45, 7) is 4.30. The fourth-order valence-corrected chi connectivity index (χ4v) is 4.60. The number of halogens is 1. The SMILES string of the molecule is CCOc1ccc([C@H]2Nc3ccccc3NC3=C2C(=O)[C@@H](C(=O)OC)[C@H](C)C3)cc1Cl. The van der Waals surface area contributed by atoms with E-state index in [0.29, 0.717) is 29.4 Å². The van der Waals surface area contributed by atoms with E-state index in [9.17, 15) is 9.59 Å². The molecule has 3 atom stereocenters. The quantitative estimate of drug-likeness (QED) is 0.516. The Morgan fingerprint density at radius 2 is 1.94 bits per heavy atom. The number of Topliss-reactive ketones (excluding diaryl/α,β-unsaturated/α-hetero) is 1. The van der Waals surface area contributed by atoms with E-state index in [2.05, 4.69) is 10.6 Å². The maximum absolute atomic E-state index is 13.6. The highest BCUT2D eigenvalue weighted by atomic mass is 35.5. The van der Waals surface area contributed by atoms with Crippen molar-refractivity contribution in [3.63, 3.8) is 0 Å². The molecule has 2 aromatic rings. The number of para-hydroxylation sites is 2. The van der Waals surface area contributed by atoms with Gasteiger partial charge >= 0.3 is 5.97 Å². The molecule has 4 rings (SSSR count). The summed E-state index contributed by atoms with van der Waals surface area (Å²) in [5, 5.41) is 7.38. The van der Waals surface area contributed by atoms with Crippen molar-refractivity contribution in [2.75, 3.05) is 24.4 Å². The molecular formula is C24H25ClN2O4. The molecular weight excluding hydrogens is 416 g/mol. The third-order valence-electron chi connectivity index (χ3n) is 5.81. The normalized spacial score (nSPS) is 22.5. The summed E-state index contributed by atoms with van der Waals surface area (Å²) < 4.78 is 10.5. The van der Waals surface area contributed by atoms with Crippen molar-refractivity contribution in [3.8, 4) is 5.75 Å². The number of nitrogens with one attached hydrogen (secondary N) is 2. The van der Waals surface area contributed by atoms with Crippen LogP contribution >= 0.6 is 11.6 Å². The van der Waals surface area contributed by atoms with Crippen molar-refractivity contribution in [2.45, 2.75) is 26.3 Å². The highest BCUT2D eigenvalue weighted by Gasteiger charge is 2.44. The number of hydrogen-bond donors (Lipinski definition) is 2. The lowest BCUT2D eigenvalue weighted by Crippen LogP contribution is -2.39. The van der Waals surface area contributed by atoms with Crippen LogP contribution in [-0.2, 0) is 14.3 Å². The molecule has 1 aliphatic carbocycles. The smallest absolute Gasteiger partial charge is 0.316 e. The Labute approximate surface area is 186 Å². The fourth-order valence-electron chi connectivity index (χ4n) is 4.35. The zero-order valence-electron chi connectivity index (χ0n) is 17.7. The monoisotopic (exact) mass is 440 g/mol.